The predicted octanol–water partition coefficient (Wildman–Crippen LogP) is -0.764. The molecular weight excluding hydrogens is 144 g/mol. The molecule has 0 bridgehead atoms. The number of hydrogen-bond acceptors (Lipinski definition) is 4. The standard InChI is InChI=1S/C7H16N2O2/c1-11-4-5-2-6(9-8)7(10)3-5/h5-7,9-10H,2-4,8H2,1H3. The average Bonchev–Trinajstić information content (AvgIpc) is 2.32. The lowest BCUT2D eigenvalue weighted by molar-refractivity contribution is 0.129. The van der Waals surface area contributed by atoms with Crippen LogP contribution in [0.1, 0.15) is 12.8 Å². The highest BCUT2D eigenvalue weighted by Gasteiger charge is 2.31. The van der Waals surface area contributed by atoms with E-state index in [9.17, 15) is 5.11 Å². The van der Waals surface area contributed by atoms with Gasteiger partial charge < -0.3 is 9.84 Å². The van der Waals surface area contributed by atoms with Crippen LogP contribution in [-0.4, -0.2) is 31.0 Å². The summed E-state index contributed by atoms with van der Waals surface area (Å²) in [4.78, 5) is 0. The quantitative estimate of drug-likeness (QED) is 0.375. The van der Waals surface area contributed by atoms with Crippen LogP contribution >= 0.6 is 0 Å². The maximum Gasteiger partial charge on any atom is 0.0710 e. The van der Waals surface area contributed by atoms with Crippen LogP contribution in [-0.2, 0) is 4.74 Å². The molecule has 0 aromatic carbocycles. The molecule has 0 aliphatic heterocycles. The molecule has 3 unspecified atom stereocenters. The second-order valence-electron chi connectivity index (χ2n) is 3.13. The number of aliphatic hydroxyl groups excluding tert-OH is 1. The van der Waals surface area contributed by atoms with Crippen molar-refractivity contribution < 1.29 is 9.84 Å². The molecule has 4 heteroatoms. The molecule has 0 aromatic rings. The van der Waals surface area contributed by atoms with Gasteiger partial charge in [0.05, 0.1) is 6.10 Å². The Balaban J connectivity index is 2.30. The molecule has 0 spiro atoms. The molecule has 0 amide bonds. The lowest BCUT2D eigenvalue weighted by atomic mass is 10.1. The SMILES string of the molecule is COCC1CC(O)C(NN)C1. The molecule has 0 saturated heterocycles. The van der Waals surface area contributed by atoms with Crippen LogP contribution in [0.15, 0.2) is 0 Å². The van der Waals surface area contributed by atoms with Gasteiger partial charge in [0.1, 0.15) is 0 Å². The highest BCUT2D eigenvalue weighted by atomic mass is 16.5. The molecule has 3 atom stereocenters. The largest absolute Gasteiger partial charge is 0.391 e. The van der Waals surface area contributed by atoms with E-state index in [0.29, 0.717) is 5.92 Å². The zero-order chi connectivity index (χ0) is 8.27. The van der Waals surface area contributed by atoms with E-state index in [2.05, 4.69) is 5.43 Å². The summed E-state index contributed by atoms with van der Waals surface area (Å²) in [6.45, 7) is 0.717. The summed E-state index contributed by atoms with van der Waals surface area (Å²) < 4.78 is 4.99. The first kappa shape index (κ1) is 8.93. The number of nitrogens with one attached hydrogen (secondary N) is 1. The van der Waals surface area contributed by atoms with E-state index in [1.165, 1.54) is 0 Å². The van der Waals surface area contributed by atoms with Crippen LogP contribution in [0.5, 0.6) is 0 Å². The lowest BCUT2D eigenvalue weighted by Gasteiger charge is -2.11. The number of nitrogens with two attached hydrogens (primary N) is 1. The summed E-state index contributed by atoms with van der Waals surface area (Å²) in [7, 11) is 1.68. The number of methoxy groups -OCH3 is 1. The van der Waals surface area contributed by atoms with Crippen LogP contribution in [0.3, 0.4) is 0 Å². The monoisotopic (exact) mass is 160 g/mol. The molecule has 0 radical (unpaired) electrons. The van der Waals surface area contributed by atoms with Crippen molar-refractivity contribution in [2.75, 3.05) is 13.7 Å². The van der Waals surface area contributed by atoms with E-state index >= 15 is 0 Å². The van der Waals surface area contributed by atoms with E-state index in [4.69, 9.17) is 10.6 Å². The minimum Gasteiger partial charge on any atom is -0.391 e. The van der Waals surface area contributed by atoms with Crippen molar-refractivity contribution in [2.45, 2.75) is 25.0 Å². The molecule has 11 heavy (non-hydrogen) atoms. The molecule has 1 aliphatic rings. The fraction of sp³-hybridized carbons (Fsp3) is 1.00. The topological polar surface area (TPSA) is 67.5 Å². The van der Waals surface area contributed by atoms with Crippen molar-refractivity contribution in [1.82, 2.24) is 5.43 Å². The lowest BCUT2D eigenvalue weighted by Crippen LogP contribution is -2.40. The van der Waals surface area contributed by atoms with Crippen LogP contribution < -0.4 is 11.3 Å². The summed E-state index contributed by atoms with van der Waals surface area (Å²) in [6.07, 6.45) is 1.40. The Labute approximate surface area is 66.7 Å². The summed E-state index contributed by atoms with van der Waals surface area (Å²) in [5, 5.41) is 9.39. The minimum absolute atomic E-state index is 0.0511. The molecular formula is C7H16N2O2. The molecule has 66 valence electrons. The van der Waals surface area contributed by atoms with Crippen molar-refractivity contribution in [3.8, 4) is 0 Å². The number of hydrazine groups is 1. The summed E-state index contributed by atoms with van der Waals surface area (Å²) in [5.74, 6) is 5.69. The Bertz CT molecular complexity index is 121. The fourth-order valence-electron chi connectivity index (χ4n) is 1.67. The van der Waals surface area contributed by atoms with Crippen LogP contribution in [0.4, 0.5) is 0 Å². The summed E-state index contributed by atoms with van der Waals surface area (Å²) >= 11 is 0. The fourth-order valence-corrected chi connectivity index (χ4v) is 1.67. The number of aliphatic hydroxyl groups is 1. The average molecular weight is 160 g/mol. The van der Waals surface area contributed by atoms with Crippen molar-refractivity contribution in [3.05, 3.63) is 0 Å². The van der Waals surface area contributed by atoms with Gasteiger partial charge in [0, 0.05) is 19.8 Å². The van der Waals surface area contributed by atoms with Gasteiger partial charge in [-0.3, -0.25) is 11.3 Å². The van der Waals surface area contributed by atoms with Crippen molar-refractivity contribution in [3.63, 3.8) is 0 Å². The number of rotatable bonds is 3. The molecule has 4 nitrogen and oxygen atoms in total. The van der Waals surface area contributed by atoms with Crippen molar-refractivity contribution >= 4 is 0 Å². The van der Waals surface area contributed by atoms with Crippen molar-refractivity contribution in [2.24, 2.45) is 11.8 Å². The first-order chi connectivity index (χ1) is 5.27. The number of hydrogen-bond donors (Lipinski definition) is 3. The van der Waals surface area contributed by atoms with Gasteiger partial charge in [0.15, 0.2) is 0 Å². The number of ether oxygens (including phenoxy) is 1. The van der Waals surface area contributed by atoms with Crippen molar-refractivity contribution in [1.29, 1.82) is 0 Å². The highest BCUT2D eigenvalue weighted by Crippen LogP contribution is 2.25. The smallest absolute Gasteiger partial charge is 0.0710 e. The Kier molecular flexibility index (Phi) is 3.26. The third-order valence-electron chi connectivity index (χ3n) is 2.24. The van der Waals surface area contributed by atoms with E-state index in [1.807, 2.05) is 0 Å². The third kappa shape index (κ3) is 2.13. The Morgan fingerprint density at radius 3 is 2.82 bits per heavy atom. The second kappa shape index (κ2) is 4.01. The highest BCUT2D eigenvalue weighted by molar-refractivity contribution is 4.86. The maximum absolute atomic E-state index is 9.39. The zero-order valence-electron chi connectivity index (χ0n) is 6.79. The van der Waals surface area contributed by atoms with Gasteiger partial charge in [0.25, 0.3) is 0 Å². The van der Waals surface area contributed by atoms with Gasteiger partial charge in [0.2, 0.25) is 0 Å². The van der Waals surface area contributed by atoms with E-state index in [-0.39, 0.29) is 12.1 Å². The van der Waals surface area contributed by atoms with Crippen LogP contribution in [0, 0.1) is 5.92 Å². The van der Waals surface area contributed by atoms with Gasteiger partial charge in [-0.25, -0.2) is 0 Å². The maximum atomic E-state index is 9.39. The van der Waals surface area contributed by atoms with Gasteiger partial charge in [-0.05, 0) is 18.8 Å². The first-order valence-corrected chi connectivity index (χ1v) is 3.91. The minimum atomic E-state index is -0.305. The molecule has 0 aromatic heterocycles. The molecule has 1 saturated carbocycles. The first-order valence-electron chi connectivity index (χ1n) is 3.91. The van der Waals surface area contributed by atoms with Gasteiger partial charge in [-0.1, -0.05) is 0 Å². The summed E-state index contributed by atoms with van der Waals surface area (Å²) in [5.41, 5.74) is 2.60. The predicted molar refractivity (Wildman–Crippen MR) is 41.7 cm³/mol. The molecule has 0 heterocycles. The Morgan fingerprint density at radius 1 is 1.64 bits per heavy atom. The van der Waals surface area contributed by atoms with Gasteiger partial charge in [-0.15, -0.1) is 0 Å². The molecule has 1 rings (SSSR count). The Hall–Kier alpha value is -0.160. The normalized spacial score (nSPS) is 37.9. The van der Waals surface area contributed by atoms with Gasteiger partial charge >= 0.3 is 0 Å². The zero-order valence-corrected chi connectivity index (χ0v) is 6.79. The van der Waals surface area contributed by atoms with E-state index < -0.39 is 0 Å². The summed E-state index contributed by atoms with van der Waals surface area (Å²) in [6, 6.07) is 0.0511. The molecule has 4 N–H and O–H groups in total. The van der Waals surface area contributed by atoms with E-state index in [0.717, 1.165) is 19.4 Å². The van der Waals surface area contributed by atoms with Crippen LogP contribution in [0.2, 0.25) is 0 Å². The second-order valence-corrected chi connectivity index (χ2v) is 3.13. The third-order valence-corrected chi connectivity index (χ3v) is 2.24. The van der Waals surface area contributed by atoms with Gasteiger partial charge in [-0.2, -0.15) is 0 Å². The molecule has 1 aliphatic carbocycles. The van der Waals surface area contributed by atoms with E-state index in [1.54, 1.807) is 7.11 Å². The Morgan fingerprint density at radius 2 is 2.36 bits per heavy atom. The molecule has 1 fully saturated rings. The van der Waals surface area contributed by atoms with Crippen LogP contribution in [0.25, 0.3) is 0 Å².